The summed E-state index contributed by atoms with van der Waals surface area (Å²) in [7, 11) is 0. The van der Waals surface area contributed by atoms with Crippen molar-refractivity contribution >= 4 is 11.7 Å². The summed E-state index contributed by atoms with van der Waals surface area (Å²) in [5.41, 5.74) is 4.80. The van der Waals surface area contributed by atoms with Crippen LogP contribution in [0.25, 0.3) is 0 Å². The van der Waals surface area contributed by atoms with Crippen LogP contribution in [-0.2, 0) is 24.2 Å². The highest BCUT2D eigenvalue weighted by molar-refractivity contribution is 6.01. The fourth-order valence-corrected chi connectivity index (χ4v) is 3.67. The van der Waals surface area contributed by atoms with Gasteiger partial charge in [-0.3, -0.25) is 9.59 Å². The van der Waals surface area contributed by atoms with Gasteiger partial charge in [0.25, 0.3) is 0 Å². The van der Waals surface area contributed by atoms with E-state index in [0.717, 1.165) is 35.4 Å². The average Bonchev–Trinajstić information content (AvgIpc) is 2.88. The number of aliphatic hydroxyl groups is 1. The molecule has 1 aliphatic carbocycles. The van der Waals surface area contributed by atoms with Crippen LogP contribution in [0.5, 0.6) is 0 Å². The smallest absolute Gasteiger partial charge is 0.224 e. The summed E-state index contributed by atoms with van der Waals surface area (Å²) in [6.07, 6.45) is 1.86. The van der Waals surface area contributed by atoms with E-state index in [0.29, 0.717) is 13.0 Å². The Morgan fingerprint density at radius 2 is 2.00 bits per heavy atom. The number of nitrogens with one attached hydrogen (secondary N) is 1. The van der Waals surface area contributed by atoms with Gasteiger partial charge in [0.2, 0.25) is 5.91 Å². The van der Waals surface area contributed by atoms with E-state index in [9.17, 15) is 14.7 Å². The lowest BCUT2D eigenvalue weighted by atomic mass is 9.92. The molecule has 0 spiro atoms. The molecule has 0 radical (unpaired) electrons. The molecule has 2 aromatic rings. The van der Waals surface area contributed by atoms with Crippen LogP contribution in [-0.4, -0.2) is 34.0 Å². The Labute approximate surface area is 154 Å². The average molecular weight is 354 g/mol. The lowest BCUT2D eigenvalue weighted by Crippen LogP contribution is -2.32. The van der Waals surface area contributed by atoms with Crippen molar-refractivity contribution in [3.8, 4) is 0 Å². The monoisotopic (exact) mass is 354 g/mol. The molecule has 1 heterocycles. The van der Waals surface area contributed by atoms with E-state index in [2.05, 4.69) is 22.0 Å². The molecule has 138 valence electrons. The van der Waals surface area contributed by atoms with Gasteiger partial charge in [0.1, 0.15) is 0 Å². The van der Waals surface area contributed by atoms with Gasteiger partial charge in [0.05, 0.1) is 12.5 Å². The third-order valence-electron chi connectivity index (χ3n) is 4.97. The second-order valence-electron chi connectivity index (χ2n) is 7.06. The van der Waals surface area contributed by atoms with Crippen LogP contribution in [0.3, 0.4) is 0 Å². The van der Waals surface area contributed by atoms with Gasteiger partial charge in [0, 0.05) is 36.5 Å². The molecule has 1 aromatic carbocycles. The van der Waals surface area contributed by atoms with Crippen molar-refractivity contribution in [2.24, 2.45) is 0 Å². The molecule has 1 aromatic heterocycles. The molecule has 0 aliphatic heterocycles. The number of hydrogen-bond acceptors (Lipinski definition) is 3. The number of nitrogens with zero attached hydrogens (tertiary/aromatic N) is 1. The molecule has 0 fully saturated rings. The largest absolute Gasteiger partial charge is 0.392 e. The fourth-order valence-electron chi connectivity index (χ4n) is 3.67. The Balaban J connectivity index is 1.93. The minimum atomic E-state index is -0.585. The first kappa shape index (κ1) is 18.4. The number of ketones is 1. The topological polar surface area (TPSA) is 71.3 Å². The number of carbonyl (C=O) groups is 2. The highest BCUT2D eigenvalue weighted by Crippen LogP contribution is 2.31. The van der Waals surface area contributed by atoms with Crippen LogP contribution in [0, 0.1) is 6.92 Å². The SMILES string of the molecule is Cc1c(CC(=O)NC[C@H](C)O)c2c(n1Cc1ccccc1)CCCC2=O. The van der Waals surface area contributed by atoms with E-state index in [1.54, 1.807) is 6.92 Å². The first-order chi connectivity index (χ1) is 12.5. The molecule has 0 saturated heterocycles. The molecule has 1 amide bonds. The normalized spacial score (nSPS) is 14.8. The molecular formula is C21H26N2O3. The van der Waals surface area contributed by atoms with E-state index in [4.69, 9.17) is 0 Å². The Morgan fingerprint density at radius 3 is 2.69 bits per heavy atom. The highest BCUT2D eigenvalue weighted by Gasteiger charge is 2.29. The van der Waals surface area contributed by atoms with Crippen LogP contribution in [0.2, 0.25) is 0 Å². The summed E-state index contributed by atoms with van der Waals surface area (Å²) in [4.78, 5) is 24.9. The lowest BCUT2D eigenvalue weighted by Gasteiger charge is -2.16. The molecule has 3 rings (SSSR count). The fraction of sp³-hybridized carbons (Fsp3) is 0.429. The van der Waals surface area contributed by atoms with E-state index < -0.39 is 6.10 Å². The van der Waals surface area contributed by atoms with Crippen LogP contribution >= 0.6 is 0 Å². The van der Waals surface area contributed by atoms with Crippen molar-refractivity contribution in [3.05, 3.63) is 58.4 Å². The minimum absolute atomic E-state index is 0.138. The first-order valence-electron chi connectivity index (χ1n) is 9.20. The Bertz CT molecular complexity index is 806. The summed E-state index contributed by atoms with van der Waals surface area (Å²) >= 11 is 0. The molecule has 2 N–H and O–H groups in total. The number of fused-ring (bicyclic) bond motifs is 1. The minimum Gasteiger partial charge on any atom is -0.392 e. The molecule has 0 saturated carbocycles. The van der Waals surface area contributed by atoms with E-state index in [1.807, 2.05) is 25.1 Å². The van der Waals surface area contributed by atoms with Crippen LogP contribution in [0.4, 0.5) is 0 Å². The van der Waals surface area contributed by atoms with E-state index >= 15 is 0 Å². The third-order valence-corrected chi connectivity index (χ3v) is 4.97. The van der Waals surface area contributed by atoms with Crippen molar-refractivity contribution in [2.45, 2.75) is 52.2 Å². The number of carbonyl (C=O) groups excluding carboxylic acids is 2. The van der Waals surface area contributed by atoms with Gasteiger partial charge in [-0.25, -0.2) is 0 Å². The zero-order chi connectivity index (χ0) is 18.7. The molecule has 0 bridgehead atoms. The maximum absolute atomic E-state index is 12.6. The van der Waals surface area contributed by atoms with Crippen molar-refractivity contribution in [2.75, 3.05) is 6.54 Å². The van der Waals surface area contributed by atoms with Gasteiger partial charge < -0.3 is 15.0 Å². The molecule has 5 nitrogen and oxygen atoms in total. The maximum atomic E-state index is 12.6. The van der Waals surface area contributed by atoms with Gasteiger partial charge in [-0.1, -0.05) is 30.3 Å². The van der Waals surface area contributed by atoms with Gasteiger partial charge in [-0.15, -0.1) is 0 Å². The number of benzene rings is 1. The van der Waals surface area contributed by atoms with E-state index in [-0.39, 0.29) is 24.7 Å². The van der Waals surface area contributed by atoms with Crippen molar-refractivity contribution in [1.82, 2.24) is 9.88 Å². The highest BCUT2D eigenvalue weighted by atomic mass is 16.3. The summed E-state index contributed by atoms with van der Waals surface area (Å²) in [5.74, 6) is -0.0217. The molecule has 1 atom stereocenters. The number of Topliss-reactive ketones (excluding diaryl/α,β-unsaturated/α-hetero) is 1. The number of aromatic nitrogens is 1. The number of amides is 1. The Hall–Kier alpha value is -2.40. The molecule has 26 heavy (non-hydrogen) atoms. The van der Waals surface area contributed by atoms with Gasteiger partial charge >= 0.3 is 0 Å². The lowest BCUT2D eigenvalue weighted by molar-refractivity contribution is -0.120. The molecule has 1 aliphatic rings. The second kappa shape index (κ2) is 7.87. The quantitative estimate of drug-likeness (QED) is 0.837. The zero-order valence-corrected chi connectivity index (χ0v) is 15.4. The molecule has 5 heteroatoms. The summed E-state index contributed by atoms with van der Waals surface area (Å²) < 4.78 is 2.19. The van der Waals surface area contributed by atoms with Crippen molar-refractivity contribution < 1.29 is 14.7 Å². The second-order valence-corrected chi connectivity index (χ2v) is 7.06. The van der Waals surface area contributed by atoms with Gasteiger partial charge in [-0.2, -0.15) is 0 Å². The Morgan fingerprint density at radius 1 is 1.27 bits per heavy atom. The number of rotatable bonds is 6. The van der Waals surface area contributed by atoms with Crippen LogP contribution in [0.1, 0.15) is 52.6 Å². The standard InChI is InChI=1S/C21H26N2O3/c1-14(24)12-22-20(26)11-17-15(2)23(13-16-7-4-3-5-8-16)18-9-6-10-19(25)21(17)18/h3-5,7-8,14,24H,6,9-13H2,1-2H3,(H,22,26)/t14-/m0/s1. The van der Waals surface area contributed by atoms with Gasteiger partial charge in [0.15, 0.2) is 5.78 Å². The van der Waals surface area contributed by atoms with E-state index in [1.165, 1.54) is 5.56 Å². The number of hydrogen-bond donors (Lipinski definition) is 2. The van der Waals surface area contributed by atoms with Gasteiger partial charge in [-0.05, 0) is 37.8 Å². The number of aliphatic hydroxyl groups excluding tert-OH is 1. The molecule has 0 unspecified atom stereocenters. The summed E-state index contributed by atoms with van der Waals surface area (Å²) in [6, 6.07) is 10.2. The first-order valence-corrected chi connectivity index (χ1v) is 9.20. The van der Waals surface area contributed by atoms with Crippen molar-refractivity contribution in [3.63, 3.8) is 0 Å². The summed E-state index contributed by atoms with van der Waals surface area (Å²) in [6.45, 7) is 4.55. The van der Waals surface area contributed by atoms with Crippen molar-refractivity contribution in [1.29, 1.82) is 0 Å². The predicted octanol–water partition coefficient (Wildman–Crippen LogP) is 2.40. The predicted molar refractivity (Wildman–Crippen MR) is 100 cm³/mol. The maximum Gasteiger partial charge on any atom is 0.224 e. The zero-order valence-electron chi connectivity index (χ0n) is 15.4. The molecular weight excluding hydrogens is 328 g/mol. The Kier molecular flexibility index (Phi) is 5.57. The summed E-state index contributed by atoms with van der Waals surface area (Å²) in [5, 5.41) is 12.1. The third kappa shape index (κ3) is 3.88. The van der Waals surface area contributed by atoms with Crippen LogP contribution in [0.15, 0.2) is 30.3 Å². The van der Waals surface area contributed by atoms with Crippen LogP contribution < -0.4 is 5.32 Å².